The molecule has 1 aromatic heterocycles. The summed E-state index contributed by atoms with van der Waals surface area (Å²) >= 11 is 5.96. The van der Waals surface area contributed by atoms with Crippen LogP contribution in [0.5, 0.6) is 0 Å². The van der Waals surface area contributed by atoms with Gasteiger partial charge in [0.1, 0.15) is 0 Å². The van der Waals surface area contributed by atoms with Gasteiger partial charge in [-0.15, -0.1) is 0 Å². The predicted octanol–water partition coefficient (Wildman–Crippen LogP) is 2.71. The van der Waals surface area contributed by atoms with Gasteiger partial charge in [-0.1, -0.05) is 17.7 Å². The highest BCUT2D eigenvalue weighted by Crippen LogP contribution is 2.39. The summed E-state index contributed by atoms with van der Waals surface area (Å²) in [4.78, 5) is 12.0. The van der Waals surface area contributed by atoms with Gasteiger partial charge in [-0.25, -0.2) is 4.68 Å². The smallest absolute Gasteiger partial charge is 0.271 e. The van der Waals surface area contributed by atoms with Gasteiger partial charge in [-0.05, 0) is 31.0 Å². The molecule has 4 heteroatoms. The molecule has 0 radical (unpaired) electrons. The second kappa shape index (κ2) is 3.77. The van der Waals surface area contributed by atoms with Crippen molar-refractivity contribution in [3.05, 3.63) is 51.4 Å². The number of aromatic nitrogens is 2. The van der Waals surface area contributed by atoms with Crippen molar-refractivity contribution in [2.75, 3.05) is 0 Å². The Labute approximate surface area is 104 Å². The summed E-state index contributed by atoms with van der Waals surface area (Å²) in [6, 6.07) is 9.09. The topological polar surface area (TPSA) is 26.9 Å². The summed E-state index contributed by atoms with van der Waals surface area (Å²) in [6.45, 7) is 0. The summed E-state index contributed by atoms with van der Waals surface area (Å²) < 4.78 is 3.60. The highest BCUT2D eigenvalue weighted by Gasteiger charge is 2.28. The molecule has 88 valence electrons. The van der Waals surface area contributed by atoms with Crippen molar-refractivity contribution in [3.8, 4) is 5.69 Å². The van der Waals surface area contributed by atoms with Crippen molar-refractivity contribution >= 4 is 11.6 Å². The van der Waals surface area contributed by atoms with E-state index in [1.165, 1.54) is 12.8 Å². The third-order valence-corrected chi connectivity index (χ3v) is 3.44. The molecule has 2 aromatic rings. The molecule has 1 aliphatic rings. The fourth-order valence-corrected chi connectivity index (χ4v) is 2.40. The molecular formula is C13H13ClN2O. The first-order valence-electron chi connectivity index (χ1n) is 5.72. The van der Waals surface area contributed by atoms with Gasteiger partial charge in [0.05, 0.1) is 5.69 Å². The summed E-state index contributed by atoms with van der Waals surface area (Å²) in [5.74, 6) is 0.563. The summed E-state index contributed by atoms with van der Waals surface area (Å²) in [5.41, 5.74) is 1.95. The maximum atomic E-state index is 12.0. The Morgan fingerprint density at radius 1 is 1.29 bits per heavy atom. The fourth-order valence-electron chi connectivity index (χ4n) is 2.21. The molecule has 0 aliphatic heterocycles. The second-order valence-corrected chi connectivity index (χ2v) is 4.93. The normalized spacial score (nSPS) is 15.2. The third-order valence-electron chi connectivity index (χ3n) is 3.20. The van der Waals surface area contributed by atoms with Gasteiger partial charge in [-0.3, -0.25) is 9.48 Å². The number of benzene rings is 1. The molecule has 3 nitrogen and oxygen atoms in total. The number of hydrogen-bond donors (Lipinski definition) is 0. The lowest BCUT2D eigenvalue weighted by Crippen LogP contribution is -2.19. The van der Waals surface area contributed by atoms with Crippen LogP contribution in [0, 0.1) is 0 Å². The van der Waals surface area contributed by atoms with Crippen LogP contribution in [-0.4, -0.2) is 9.36 Å². The van der Waals surface area contributed by atoms with Gasteiger partial charge in [-0.2, -0.15) is 0 Å². The van der Waals surface area contributed by atoms with E-state index in [0.29, 0.717) is 10.9 Å². The molecular weight excluding hydrogens is 236 g/mol. The molecule has 1 heterocycles. The Bertz CT molecular complexity index is 623. The van der Waals surface area contributed by atoms with Crippen LogP contribution in [0.15, 0.2) is 35.1 Å². The van der Waals surface area contributed by atoms with E-state index in [4.69, 9.17) is 11.6 Å². The first kappa shape index (κ1) is 10.7. The molecule has 0 amide bonds. The van der Waals surface area contributed by atoms with Crippen LogP contribution in [0.4, 0.5) is 0 Å². The lowest BCUT2D eigenvalue weighted by Gasteiger charge is -2.09. The average Bonchev–Trinajstić information content (AvgIpc) is 3.06. The van der Waals surface area contributed by atoms with Crippen LogP contribution in [0.25, 0.3) is 5.69 Å². The van der Waals surface area contributed by atoms with Gasteiger partial charge >= 0.3 is 0 Å². The lowest BCUT2D eigenvalue weighted by molar-refractivity contribution is 0.616. The third kappa shape index (κ3) is 1.80. The predicted molar refractivity (Wildman–Crippen MR) is 68.0 cm³/mol. The molecule has 0 atom stereocenters. The van der Waals surface area contributed by atoms with Crippen LogP contribution < -0.4 is 5.56 Å². The van der Waals surface area contributed by atoms with Crippen LogP contribution in [0.3, 0.4) is 0 Å². The first-order valence-corrected chi connectivity index (χ1v) is 6.09. The van der Waals surface area contributed by atoms with E-state index in [9.17, 15) is 4.79 Å². The van der Waals surface area contributed by atoms with Crippen molar-refractivity contribution in [2.24, 2.45) is 7.05 Å². The minimum Gasteiger partial charge on any atom is -0.285 e. The molecule has 0 bridgehead atoms. The van der Waals surface area contributed by atoms with Crippen molar-refractivity contribution in [2.45, 2.75) is 18.8 Å². The number of halogens is 1. The minimum atomic E-state index is 0.0108. The fraction of sp³-hybridized carbons (Fsp3) is 0.308. The average molecular weight is 249 g/mol. The first-order chi connectivity index (χ1) is 8.16. The van der Waals surface area contributed by atoms with Gasteiger partial charge in [0, 0.05) is 29.7 Å². The van der Waals surface area contributed by atoms with Crippen LogP contribution in [0.1, 0.15) is 24.5 Å². The molecule has 0 saturated heterocycles. The van der Waals surface area contributed by atoms with Crippen LogP contribution in [0.2, 0.25) is 5.02 Å². The Morgan fingerprint density at radius 3 is 2.71 bits per heavy atom. The molecule has 3 rings (SSSR count). The zero-order chi connectivity index (χ0) is 12.0. The van der Waals surface area contributed by atoms with Crippen molar-refractivity contribution in [1.29, 1.82) is 0 Å². The molecule has 0 unspecified atom stereocenters. The highest BCUT2D eigenvalue weighted by molar-refractivity contribution is 6.30. The molecule has 1 aliphatic carbocycles. The summed E-state index contributed by atoms with van der Waals surface area (Å²) in [7, 11) is 1.93. The maximum Gasteiger partial charge on any atom is 0.271 e. The molecule has 1 fully saturated rings. The van der Waals surface area contributed by atoms with E-state index in [1.54, 1.807) is 22.9 Å². The van der Waals surface area contributed by atoms with E-state index in [1.807, 2.05) is 23.9 Å². The Hall–Kier alpha value is -1.48. The Morgan fingerprint density at radius 2 is 2.06 bits per heavy atom. The van der Waals surface area contributed by atoms with E-state index < -0.39 is 0 Å². The van der Waals surface area contributed by atoms with Crippen molar-refractivity contribution in [1.82, 2.24) is 9.36 Å². The molecule has 0 spiro atoms. The maximum absolute atomic E-state index is 12.0. The zero-order valence-corrected chi connectivity index (χ0v) is 10.3. The van der Waals surface area contributed by atoms with E-state index in [-0.39, 0.29) is 5.56 Å². The highest BCUT2D eigenvalue weighted by atomic mass is 35.5. The summed E-state index contributed by atoms with van der Waals surface area (Å²) in [6.07, 6.45) is 2.37. The molecule has 1 saturated carbocycles. The Balaban J connectivity index is 2.17. The van der Waals surface area contributed by atoms with Crippen LogP contribution in [-0.2, 0) is 7.05 Å². The molecule has 1 aromatic carbocycles. The van der Waals surface area contributed by atoms with Gasteiger partial charge in [0.2, 0.25) is 0 Å². The second-order valence-electron chi connectivity index (χ2n) is 4.50. The van der Waals surface area contributed by atoms with E-state index in [0.717, 1.165) is 11.4 Å². The number of nitrogens with zero attached hydrogens (tertiary/aromatic N) is 2. The zero-order valence-electron chi connectivity index (χ0n) is 9.56. The van der Waals surface area contributed by atoms with E-state index in [2.05, 4.69) is 0 Å². The SMILES string of the molecule is Cn1c(C2CC2)cc(=O)n1-c1cccc(Cl)c1. The van der Waals surface area contributed by atoms with Gasteiger partial charge < -0.3 is 0 Å². The van der Waals surface area contributed by atoms with E-state index >= 15 is 0 Å². The standard InChI is InChI=1S/C13H13ClN2O/c1-15-12(9-5-6-9)8-13(17)16(15)11-4-2-3-10(14)7-11/h2-4,7-9H,5-6H2,1H3. The van der Waals surface area contributed by atoms with Gasteiger partial charge in [0.15, 0.2) is 0 Å². The summed E-state index contributed by atoms with van der Waals surface area (Å²) in [5, 5.41) is 0.642. The Kier molecular flexibility index (Phi) is 2.37. The van der Waals surface area contributed by atoms with Crippen LogP contribution >= 0.6 is 11.6 Å². The lowest BCUT2D eigenvalue weighted by atomic mass is 10.3. The number of rotatable bonds is 2. The molecule has 0 N–H and O–H groups in total. The number of hydrogen-bond acceptors (Lipinski definition) is 1. The minimum absolute atomic E-state index is 0.0108. The largest absolute Gasteiger partial charge is 0.285 e. The van der Waals surface area contributed by atoms with Crippen molar-refractivity contribution in [3.63, 3.8) is 0 Å². The quantitative estimate of drug-likeness (QED) is 0.803. The van der Waals surface area contributed by atoms with Crippen molar-refractivity contribution < 1.29 is 0 Å². The monoisotopic (exact) mass is 248 g/mol. The van der Waals surface area contributed by atoms with Gasteiger partial charge in [0.25, 0.3) is 5.56 Å². The molecule has 17 heavy (non-hydrogen) atoms.